The van der Waals surface area contributed by atoms with Gasteiger partial charge in [-0.2, -0.15) is 0 Å². The normalized spacial score (nSPS) is 23.8. The summed E-state index contributed by atoms with van der Waals surface area (Å²) in [6.45, 7) is 0. The van der Waals surface area contributed by atoms with Crippen molar-refractivity contribution in [3.8, 4) is 0 Å². The average molecular weight is 150 g/mol. The van der Waals surface area contributed by atoms with Gasteiger partial charge in [0.25, 0.3) is 0 Å². The van der Waals surface area contributed by atoms with Crippen LogP contribution in [0.15, 0.2) is 18.5 Å². The minimum Gasteiger partial charge on any atom is -0.226 e. The zero-order valence-corrected chi connectivity index (χ0v) is 6.22. The average Bonchev–Trinajstić information content (AvgIpc) is 2.58. The highest BCUT2D eigenvalue weighted by Gasteiger charge is 2.10. The Kier molecular flexibility index (Phi) is 1.67. The van der Waals surface area contributed by atoms with E-state index in [9.17, 15) is 0 Å². The van der Waals surface area contributed by atoms with Crippen molar-refractivity contribution in [2.45, 2.75) is 25.3 Å². The predicted octanol–water partition coefficient (Wildman–Crippen LogP) is 0.954. The number of hydrogen-bond donors (Lipinski definition) is 0. The molecule has 1 aromatic rings. The number of aromatic nitrogens is 4. The van der Waals surface area contributed by atoms with Gasteiger partial charge in [-0.15, -0.1) is 5.10 Å². The lowest BCUT2D eigenvalue weighted by molar-refractivity contribution is 0.462. The Morgan fingerprint density at radius 3 is 3.09 bits per heavy atom. The number of hydrogen-bond acceptors (Lipinski definition) is 3. The van der Waals surface area contributed by atoms with Gasteiger partial charge >= 0.3 is 0 Å². The zero-order chi connectivity index (χ0) is 7.52. The van der Waals surface area contributed by atoms with Crippen molar-refractivity contribution < 1.29 is 0 Å². The van der Waals surface area contributed by atoms with E-state index in [0.29, 0.717) is 6.04 Å². The third kappa shape index (κ3) is 1.29. The topological polar surface area (TPSA) is 43.6 Å². The summed E-state index contributed by atoms with van der Waals surface area (Å²) in [6.07, 6.45) is 9.61. The summed E-state index contributed by atoms with van der Waals surface area (Å²) >= 11 is 0. The third-order valence-corrected chi connectivity index (χ3v) is 1.93. The molecule has 1 unspecified atom stereocenters. The minimum absolute atomic E-state index is 0.388. The van der Waals surface area contributed by atoms with Crippen molar-refractivity contribution in [1.82, 2.24) is 20.2 Å². The molecular formula is C7H10N4. The molecule has 0 saturated carbocycles. The van der Waals surface area contributed by atoms with E-state index >= 15 is 0 Å². The molecule has 1 heterocycles. The molecule has 0 bridgehead atoms. The Hall–Kier alpha value is -1.19. The molecule has 0 saturated heterocycles. The Morgan fingerprint density at radius 2 is 2.45 bits per heavy atom. The van der Waals surface area contributed by atoms with Crippen LogP contribution < -0.4 is 0 Å². The van der Waals surface area contributed by atoms with Crippen LogP contribution in [0.25, 0.3) is 0 Å². The first-order chi connectivity index (χ1) is 5.47. The van der Waals surface area contributed by atoms with Crippen molar-refractivity contribution in [2.24, 2.45) is 0 Å². The van der Waals surface area contributed by atoms with Crippen LogP contribution in [0, 0.1) is 0 Å². The molecule has 1 aliphatic rings. The molecule has 58 valence electrons. The van der Waals surface area contributed by atoms with Gasteiger partial charge in [0.15, 0.2) is 0 Å². The van der Waals surface area contributed by atoms with Gasteiger partial charge in [0, 0.05) is 0 Å². The lowest BCUT2D eigenvalue weighted by atomic mass is 10.0. The van der Waals surface area contributed by atoms with Gasteiger partial charge in [-0.3, -0.25) is 0 Å². The maximum absolute atomic E-state index is 3.84. The van der Waals surface area contributed by atoms with Crippen molar-refractivity contribution in [3.05, 3.63) is 18.5 Å². The van der Waals surface area contributed by atoms with Gasteiger partial charge in [0.2, 0.25) is 0 Å². The molecule has 0 N–H and O–H groups in total. The Labute approximate surface area is 64.9 Å². The van der Waals surface area contributed by atoms with Gasteiger partial charge in [0.1, 0.15) is 6.33 Å². The smallest absolute Gasteiger partial charge is 0.138 e. The Balaban J connectivity index is 2.16. The summed E-state index contributed by atoms with van der Waals surface area (Å²) in [5.74, 6) is 0. The van der Waals surface area contributed by atoms with Crippen LogP contribution >= 0.6 is 0 Å². The second-order valence-electron chi connectivity index (χ2n) is 2.72. The first-order valence-electron chi connectivity index (χ1n) is 3.86. The minimum atomic E-state index is 0.388. The molecule has 0 aromatic carbocycles. The van der Waals surface area contributed by atoms with Crippen molar-refractivity contribution in [3.63, 3.8) is 0 Å². The van der Waals surface area contributed by atoms with E-state index in [2.05, 4.69) is 27.7 Å². The summed E-state index contributed by atoms with van der Waals surface area (Å²) < 4.78 is 1.80. The highest BCUT2D eigenvalue weighted by atomic mass is 15.5. The summed E-state index contributed by atoms with van der Waals surface area (Å²) in [5, 5.41) is 11.0. The van der Waals surface area contributed by atoms with Crippen LogP contribution in [-0.4, -0.2) is 20.2 Å². The van der Waals surface area contributed by atoms with E-state index in [-0.39, 0.29) is 0 Å². The van der Waals surface area contributed by atoms with E-state index in [4.69, 9.17) is 0 Å². The Morgan fingerprint density at radius 1 is 1.45 bits per heavy atom. The number of nitrogens with zero attached hydrogens (tertiary/aromatic N) is 4. The fourth-order valence-electron chi connectivity index (χ4n) is 1.34. The van der Waals surface area contributed by atoms with Gasteiger partial charge in [0.05, 0.1) is 6.04 Å². The fourth-order valence-corrected chi connectivity index (χ4v) is 1.34. The third-order valence-electron chi connectivity index (χ3n) is 1.93. The molecule has 11 heavy (non-hydrogen) atoms. The quantitative estimate of drug-likeness (QED) is 0.560. The highest BCUT2D eigenvalue weighted by Crippen LogP contribution is 2.19. The van der Waals surface area contributed by atoms with Gasteiger partial charge < -0.3 is 0 Å². The first-order valence-corrected chi connectivity index (χ1v) is 3.86. The fraction of sp³-hybridized carbons (Fsp3) is 0.571. The number of rotatable bonds is 1. The van der Waals surface area contributed by atoms with Crippen LogP contribution in [0.1, 0.15) is 25.3 Å². The van der Waals surface area contributed by atoms with Crippen molar-refractivity contribution in [2.75, 3.05) is 0 Å². The monoisotopic (exact) mass is 150 g/mol. The van der Waals surface area contributed by atoms with Crippen molar-refractivity contribution >= 4 is 0 Å². The number of allylic oxidation sites excluding steroid dienone is 2. The lowest BCUT2D eigenvalue weighted by Gasteiger charge is -2.14. The molecule has 0 amide bonds. The van der Waals surface area contributed by atoms with E-state index in [1.807, 2.05) is 0 Å². The van der Waals surface area contributed by atoms with Crippen molar-refractivity contribution in [1.29, 1.82) is 0 Å². The molecule has 0 spiro atoms. The lowest BCUT2D eigenvalue weighted by Crippen LogP contribution is -2.09. The van der Waals surface area contributed by atoms with E-state index in [1.165, 1.54) is 12.8 Å². The van der Waals surface area contributed by atoms with Crippen LogP contribution in [0.3, 0.4) is 0 Å². The van der Waals surface area contributed by atoms with E-state index in [0.717, 1.165) is 6.42 Å². The van der Waals surface area contributed by atoms with E-state index in [1.54, 1.807) is 11.0 Å². The molecule has 4 nitrogen and oxygen atoms in total. The first kappa shape index (κ1) is 6.52. The molecule has 0 radical (unpaired) electrons. The predicted molar refractivity (Wildman–Crippen MR) is 39.8 cm³/mol. The van der Waals surface area contributed by atoms with E-state index < -0.39 is 0 Å². The molecule has 2 rings (SSSR count). The second-order valence-corrected chi connectivity index (χ2v) is 2.72. The van der Waals surface area contributed by atoms with Crippen LogP contribution in [0.5, 0.6) is 0 Å². The Bertz CT molecular complexity index is 239. The summed E-state index contributed by atoms with van der Waals surface area (Å²) in [5.41, 5.74) is 0. The molecule has 1 atom stereocenters. The molecule has 0 aliphatic heterocycles. The maximum Gasteiger partial charge on any atom is 0.138 e. The summed E-state index contributed by atoms with van der Waals surface area (Å²) in [7, 11) is 0. The maximum atomic E-state index is 3.84. The van der Waals surface area contributed by atoms with Crippen LogP contribution in [-0.2, 0) is 0 Å². The van der Waals surface area contributed by atoms with Crippen LogP contribution in [0.4, 0.5) is 0 Å². The van der Waals surface area contributed by atoms with Gasteiger partial charge in [-0.05, 0) is 29.7 Å². The van der Waals surface area contributed by atoms with Gasteiger partial charge in [-0.25, -0.2) is 4.68 Å². The zero-order valence-electron chi connectivity index (χ0n) is 6.22. The molecule has 1 aromatic heterocycles. The summed E-state index contributed by atoms with van der Waals surface area (Å²) in [4.78, 5) is 0. The molecular weight excluding hydrogens is 140 g/mol. The second kappa shape index (κ2) is 2.82. The van der Waals surface area contributed by atoms with Gasteiger partial charge in [-0.1, -0.05) is 12.2 Å². The molecule has 1 aliphatic carbocycles. The SMILES string of the molecule is C1=CC(n2cnnn2)CCC1. The summed E-state index contributed by atoms with van der Waals surface area (Å²) in [6, 6.07) is 0.388. The molecule has 0 fully saturated rings. The largest absolute Gasteiger partial charge is 0.226 e. The van der Waals surface area contributed by atoms with Crippen LogP contribution in [0.2, 0.25) is 0 Å². The number of tetrazole rings is 1. The standard InChI is InChI=1S/C7H10N4/c1-2-4-7(5-3-1)11-6-8-9-10-11/h2,4,6-7H,1,3,5H2. The molecule has 4 heteroatoms. The highest BCUT2D eigenvalue weighted by molar-refractivity contribution is 4.95.